The molecule has 1 fully saturated rings. The lowest BCUT2D eigenvalue weighted by atomic mass is 9.83. The van der Waals surface area contributed by atoms with Gasteiger partial charge >= 0.3 is 6.09 Å². The van der Waals surface area contributed by atoms with Crippen LogP contribution in [0.3, 0.4) is 0 Å². The van der Waals surface area contributed by atoms with Crippen LogP contribution in [-0.2, 0) is 37.0 Å². The third kappa shape index (κ3) is 12.4. The van der Waals surface area contributed by atoms with Gasteiger partial charge < -0.3 is 30.8 Å². The number of nitrogens with zero attached hydrogens (tertiary/aromatic N) is 1. The SMILES string of the molecule is CC(C)S(=O)(=O)C[C@H](O)[C@H](CC1CCCCC1)NC(=O)C(Cc1cnc[nH]1)NC(=O)[C@@H](Cc1ccccc1)NC(=O)OC(C)(C)C. The number of aromatic amines is 1. The fraction of sp³-hybridized carbons (Fsp3) is 0.636. The molecule has 0 saturated heterocycles. The number of hydrogen-bond acceptors (Lipinski definition) is 8. The molecule has 1 aliphatic carbocycles. The van der Waals surface area contributed by atoms with E-state index in [1.165, 1.54) is 12.5 Å². The third-order valence-electron chi connectivity index (χ3n) is 8.13. The Balaban J connectivity index is 1.85. The molecule has 0 spiro atoms. The predicted octanol–water partition coefficient (Wildman–Crippen LogP) is 3.21. The van der Waals surface area contributed by atoms with Crippen LogP contribution in [0.15, 0.2) is 42.9 Å². The summed E-state index contributed by atoms with van der Waals surface area (Å²) in [6.07, 6.45) is 6.55. The van der Waals surface area contributed by atoms with E-state index in [0.717, 1.165) is 37.7 Å². The van der Waals surface area contributed by atoms with E-state index < -0.39 is 68.6 Å². The number of ether oxygens (including phenoxy) is 1. The van der Waals surface area contributed by atoms with Crippen molar-refractivity contribution in [1.29, 1.82) is 0 Å². The number of aliphatic hydroxyl groups excluding tert-OH is 1. The molecule has 3 amide bonds. The van der Waals surface area contributed by atoms with Crippen molar-refractivity contribution in [2.75, 3.05) is 5.75 Å². The molecule has 13 heteroatoms. The van der Waals surface area contributed by atoms with Crippen molar-refractivity contribution in [3.63, 3.8) is 0 Å². The molecule has 2 aromatic rings. The van der Waals surface area contributed by atoms with Crippen molar-refractivity contribution in [3.8, 4) is 0 Å². The van der Waals surface area contributed by atoms with E-state index in [-0.39, 0.29) is 18.8 Å². The molecule has 12 nitrogen and oxygen atoms in total. The molecule has 1 aromatic carbocycles. The van der Waals surface area contributed by atoms with Gasteiger partial charge in [-0.1, -0.05) is 62.4 Å². The highest BCUT2D eigenvalue weighted by atomic mass is 32.2. The van der Waals surface area contributed by atoms with Crippen LogP contribution in [0, 0.1) is 5.92 Å². The molecule has 1 saturated carbocycles. The molecule has 5 N–H and O–H groups in total. The molecule has 1 aliphatic rings. The molecular weight excluding hydrogens is 610 g/mol. The van der Waals surface area contributed by atoms with Gasteiger partial charge in [0, 0.05) is 24.7 Å². The summed E-state index contributed by atoms with van der Waals surface area (Å²) in [4.78, 5) is 47.4. The van der Waals surface area contributed by atoms with E-state index in [9.17, 15) is 27.9 Å². The van der Waals surface area contributed by atoms with Crippen LogP contribution in [-0.4, -0.2) is 82.2 Å². The Labute approximate surface area is 272 Å². The summed E-state index contributed by atoms with van der Waals surface area (Å²) in [6, 6.07) is 6.10. The molecule has 4 atom stereocenters. The van der Waals surface area contributed by atoms with Crippen molar-refractivity contribution < 1.29 is 32.6 Å². The van der Waals surface area contributed by atoms with Gasteiger partial charge in [0.05, 0.1) is 29.5 Å². The topological polar surface area (TPSA) is 180 Å². The Morgan fingerprint density at radius 1 is 0.978 bits per heavy atom. The van der Waals surface area contributed by atoms with Crippen molar-refractivity contribution in [2.24, 2.45) is 5.92 Å². The van der Waals surface area contributed by atoms with Crippen LogP contribution in [0.2, 0.25) is 0 Å². The minimum absolute atomic E-state index is 0.0403. The maximum Gasteiger partial charge on any atom is 0.408 e. The van der Waals surface area contributed by atoms with Crippen molar-refractivity contribution in [3.05, 3.63) is 54.1 Å². The fourth-order valence-electron chi connectivity index (χ4n) is 5.53. The molecule has 256 valence electrons. The zero-order chi connectivity index (χ0) is 33.9. The minimum Gasteiger partial charge on any atom is -0.444 e. The normalized spacial score (nSPS) is 17.0. The lowest BCUT2D eigenvalue weighted by Gasteiger charge is -2.32. The van der Waals surface area contributed by atoms with Gasteiger partial charge in [-0.3, -0.25) is 9.59 Å². The third-order valence-corrected chi connectivity index (χ3v) is 10.4. The summed E-state index contributed by atoms with van der Waals surface area (Å²) in [5.74, 6) is -1.45. The quantitative estimate of drug-likeness (QED) is 0.193. The smallest absolute Gasteiger partial charge is 0.408 e. The van der Waals surface area contributed by atoms with Gasteiger partial charge in [-0.2, -0.15) is 0 Å². The van der Waals surface area contributed by atoms with E-state index in [4.69, 9.17) is 4.74 Å². The predicted molar refractivity (Wildman–Crippen MR) is 176 cm³/mol. The molecule has 0 radical (unpaired) electrons. The van der Waals surface area contributed by atoms with Crippen LogP contribution >= 0.6 is 0 Å². The number of carbonyl (C=O) groups is 3. The van der Waals surface area contributed by atoms with Gasteiger partial charge in [0.1, 0.15) is 17.7 Å². The van der Waals surface area contributed by atoms with E-state index >= 15 is 0 Å². The molecular formula is C33H51N5O7S. The number of amides is 3. The lowest BCUT2D eigenvalue weighted by molar-refractivity contribution is -0.130. The number of rotatable bonds is 15. The molecule has 46 heavy (non-hydrogen) atoms. The van der Waals surface area contributed by atoms with E-state index in [2.05, 4.69) is 25.9 Å². The van der Waals surface area contributed by atoms with Crippen molar-refractivity contribution in [2.45, 2.75) is 121 Å². The highest BCUT2D eigenvalue weighted by Gasteiger charge is 2.34. The number of hydrogen-bond donors (Lipinski definition) is 5. The van der Waals surface area contributed by atoms with Crippen LogP contribution in [0.4, 0.5) is 4.79 Å². The highest BCUT2D eigenvalue weighted by molar-refractivity contribution is 7.92. The van der Waals surface area contributed by atoms with Gasteiger partial charge in [0.15, 0.2) is 9.84 Å². The molecule has 3 rings (SSSR count). The average molecular weight is 662 g/mol. The Hall–Kier alpha value is -3.45. The second-order valence-electron chi connectivity index (χ2n) is 13.5. The number of sulfone groups is 1. The lowest BCUT2D eigenvalue weighted by Crippen LogP contribution is -2.58. The van der Waals surface area contributed by atoms with E-state index in [0.29, 0.717) is 12.1 Å². The number of imidazole rings is 1. The summed E-state index contributed by atoms with van der Waals surface area (Å²) < 4.78 is 30.9. The number of benzene rings is 1. The Morgan fingerprint density at radius 2 is 1.61 bits per heavy atom. The monoisotopic (exact) mass is 661 g/mol. The Morgan fingerprint density at radius 3 is 2.20 bits per heavy atom. The van der Waals surface area contributed by atoms with Gasteiger partial charge in [-0.15, -0.1) is 0 Å². The first-order valence-electron chi connectivity index (χ1n) is 16.1. The molecule has 1 unspecified atom stereocenters. The van der Waals surface area contributed by atoms with E-state index in [1.54, 1.807) is 34.6 Å². The number of alkyl carbamates (subject to hydrolysis) is 1. The zero-order valence-corrected chi connectivity index (χ0v) is 28.4. The maximum absolute atomic E-state index is 13.9. The van der Waals surface area contributed by atoms with Gasteiger partial charge in [-0.05, 0) is 52.5 Å². The summed E-state index contributed by atoms with van der Waals surface area (Å²) >= 11 is 0. The Bertz CT molecular complexity index is 1350. The summed E-state index contributed by atoms with van der Waals surface area (Å²) in [6.45, 7) is 8.27. The highest BCUT2D eigenvalue weighted by Crippen LogP contribution is 2.28. The van der Waals surface area contributed by atoms with Crippen LogP contribution in [0.5, 0.6) is 0 Å². The summed E-state index contributed by atoms with van der Waals surface area (Å²) in [5.41, 5.74) is 0.570. The summed E-state index contributed by atoms with van der Waals surface area (Å²) in [5, 5.41) is 18.8. The number of aliphatic hydroxyl groups is 1. The first-order chi connectivity index (χ1) is 21.6. The first kappa shape index (κ1) is 37.0. The van der Waals surface area contributed by atoms with Crippen molar-refractivity contribution in [1.82, 2.24) is 25.9 Å². The molecule has 1 aromatic heterocycles. The number of H-pyrrole nitrogens is 1. The average Bonchev–Trinajstić information content (AvgIpc) is 3.49. The van der Waals surface area contributed by atoms with Gasteiger partial charge in [-0.25, -0.2) is 18.2 Å². The van der Waals surface area contributed by atoms with Gasteiger partial charge in [0.25, 0.3) is 0 Å². The molecule has 0 aliphatic heterocycles. The minimum atomic E-state index is -3.60. The standard InChI is InChI=1S/C33H51N5O7S/c1-22(2)46(43,44)20-29(39)26(16-23-12-8-6-9-13-23)36-31(41)28(18-25-19-34-21-35-25)37-30(40)27(17-24-14-10-7-11-15-24)38-32(42)45-33(3,4)5/h7,10-11,14-15,19,21-23,26-29,39H,6,8-9,12-13,16-18,20H2,1-5H3,(H,34,35)(H,36,41)(H,37,40)(H,38,42)/t26-,27+,28?,29-/m0/s1. The molecule has 0 bridgehead atoms. The fourth-order valence-corrected chi connectivity index (χ4v) is 6.62. The Kier molecular flexibility index (Phi) is 13.6. The number of nitrogens with one attached hydrogen (secondary N) is 4. The number of aromatic nitrogens is 2. The van der Waals surface area contributed by atoms with Crippen molar-refractivity contribution >= 4 is 27.7 Å². The van der Waals surface area contributed by atoms with E-state index in [1.807, 2.05) is 30.3 Å². The maximum atomic E-state index is 13.9. The van der Waals surface area contributed by atoms with Crippen LogP contribution in [0.1, 0.15) is 84.4 Å². The number of carbonyl (C=O) groups excluding carboxylic acids is 3. The second-order valence-corrected chi connectivity index (χ2v) is 16.1. The summed E-state index contributed by atoms with van der Waals surface area (Å²) in [7, 11) is -3.60. The van der Waals surface area contributed by atoms with Crippen LogP contribution < -0.4 is 16.0 Å². The molecule has 1 heterocycles. The van der Waals surface area contributed by atoms with Crippen LogP contribution in [0.25, 0.3) is 0 Å². The second kappa shape index (κ2) is 16.9. The van der Waals surface area contributed by atoms with Gasteiger partial charge in [0.2, 0.25) is 11.8 Å². The zero-order valence-electron chi connectivity index (χ0n) is 27.6. The largest absolute Gasteiger partial charge is 0.444 e. The first-order valence-corrected chi connectivity index (χ1v) is 17.9.